The van der Waals surface area contributed by atoms with Crippen molar-refractivity contribution >= 4 is 5.97 Å². The molecule has 0 aliphatic carbocycles. The van der Waals surface area contributed by atoms with Gasteiger partial charge in [-0.25, -0.2) is 0 Å². The molecule has 4 aliphatic heterocycles. The van der Waals surface area contributed by atoms with Crippen molar-refractivity contribution in [1.29, 1.82) is 0 Å². The second kappa shape index (κ2) is 15.5. The number of likely N-dealkylation sites (N-methyl/N-ethyl adjacent to an activating group) is 1. The third-order valence-electron chi connectivity index (χ3n) is 11.9. The molecule has 4 rings (SSSR count). The molecule has 17 atom stereocenters. The molecule has 3 fully saturated rings. The first kappa shape index (κ1) is 41.4. The van der Waals surface area contributed by atoms with E-state index in [0.717, 1.165) is 5.57 Å². The standard InChI is InChI=1S/C37H65NO12/c1-14-25(39)37(10,43)32-20(4)28-18(2)16-36(9,50-28)31(49-34-27(40)24(38(11)12)15-19(3)45-34)21(5)29(22(6)33(42)48-32)47-26-17-35(8,44-13)30(41)23(7)46-26/h19-27,29-32,34,39-41,43H,14-17H2,1-13H3/t19-,20-,21+,22-,23+,24+,25-,26+,27-,29+,30+,31-,32+,34+,35-,36+,37-/m1/s1. The van der Waals surface area contributed by atoms with Crippen LogP contribution in [0, 0.1) is 17.8 Å². The maximum Gasteiger partial charge on any atom is 0.311 e. The van der Waals surface area contributed by atoms with Gasteiger partial charge in [-0.15, -0.1) is 0 Å². The van der Waals surface area contributed by atoms with Crippen molar-refractivity contribution in [3.63, 3.8) is 0 Å². The topological polar surface area (TPSA) is 166 Å². The van der Waals surface area contributed by atoms with Gasteiger partial charge in [-0.1, -0.05) is 20.8 Å². The van der Waals surface area contributed by atoms with Crippen molar-refractivity contribution in [2.24, 2.45) is 17.8 Å². The zero-order valence-corrected chi connectivity index (χ0v) is 32.4. The van der Waals surface area contributed by atoms with Crippen LogP contribution in [-0.2, 0) is 38.0 Å². The molecule has 50 heavy (non-hydrogen) atoms. The van der Waals surface area contributed by atoms with Crippen molar-refractivity contribution in [2.45, 2.75) is 179 Å². The van der Waals surface area contributed by atoms with Gasteiger partial charge in [0.25, 0.3) is 0 Å². The predicted molar refractivity (Wildman–Crippen MR) is 184 cm³/mol. The molecule has 0 spiro atoms. The number of esters is 1. The number of carbonyl (C=O) groups excluding carboxylic acids is 1. The van der Waals surface area contributed by atoms with E-state index >= 15 is 0 Å². The van der Waals surface area contributed by atoms with Crippen LogP contribution in [0.4, 0.5) is 0 Å². The molecule has 3 saturated heterocycles. The fourth-order valence-electron chi connectivity index (χ4n) is 8.73. The SMILES string of the molecule is CC[C@@H](O)[C@@](C)(O)[C@H]1OC(=O)[C@H](C)[C@@H](O[C@H]2C[C@@](C)(OC)[C@@H](O)[C@H](C)O2)[C@H](C)[C@@H](O[C@@H]2O[C@H](C)C[C@H](N(C)C)[C@H]2O)[C@]2(C)CC(C)=C(O2)[C@H]1C. The molecule has 4 N–H and O–H groups in total. The van der Waals surface area contributed by atoms with Gasteiger partial charge in [0.05, 0.1) is 41.9 Å². The molecule has 0 aromatic heterocycles. The number of cyclic esters (lactones) is 1. The van der Waals surface area contributed by atoms with Crippen LogP contribution in [0.5, 0.6) is 0 Å². The van der Waals surface area contributed by atoms with E-state index in [4.69, 9.17) is 33.2 Å². The van der Waals surface area contributed by atoms with Crippen LogP contribution >= 0.6 is 0 Å². The summed E-state index contributed by atoms with van der Waals surface area (Å²) in [7, 11) is 5.35. The number of fused-ring (bicyclic) bond motifs is 2. The summed E-state index contributed by atoms with van der Waals surface area (Å²) in [5, 5.41) is 45.2. The first-order valence-corrected chi connectivity index (χ1v) is 18.3. The average Bonchev–Trinajstić information content (AvgIpc) is 3.36. The van der Waals surface area contributed by atoms with E-state index < -0.39 is 95.8 Å². The maximum atomic E-state index is 14.3. The third-order valence-corrected chi connectivity index (χ3v) is 11.9. The maximum absolute atomic E-state index is 14.3. The lowest BCUT2D eigenvalue weighted by molar-refractivity contribution is -0.316. The van der Waals surface area contributed by atoms with Crippen LogP contribution in [0.15, 0.2) is 11.3 Å². The lowest BCUT2D eigenvalue weighted by Gasteiger charge is -2.48. The second-order valence-electron chi connectivity index (χ2n) is 16.3. The Labute approximate surface area is 298 Å². The van der Waals surface area contributed by atoms with Gasteiger partial charge in [-0.3, -0.25) is 4.79 Å². The van der Waals surface area contributed by atoms with E-state index in [-0.39, 0.29) is 25.0 Å². The largest absolute Gasteiger partial charge is 0.488 e. The number of hydrogen-bond acceptors (Lipinski definition) is 13. The number of nitrogens with zero attached hydrogens (tertiary/aromatic N) is 1. The highest BCUT2D eigenvalue weighted by molar-refractivity contribution is 5.73. The first-order chi connectivity index (χ1) is 23.1. The van der Waals surface area contributed by atoms with Gasteiger partial charge in [-0.05, 0) is 81.0 Å². The Kier molecular flexibility index (Phi) is 12.8. The van der Waals surface area contributed by atoms with Gasteiger partial charge in [0.2, 0.25) is 0 Å². The van der Waals surface area contributed by atoms with E-state index in [1.807, 2.05) is 53.6 Å². The van der Waals surface area contributed by atoms with Crippen LogP contribution in [0.1, 0.15) is 94.9 Å². The van der Waals surface area contributed by atoms with Gasteiger partial charge < -0.3 is 58.5 Å². The fraction of sp³-hybridized carbons (Fsp3) is 0.919. The third kappa shape index (κ3) is 7.93. The minimum absolute atomic E-state index is 0.174. The van der Waals surface area contributed by atoms with Crippen LogP contribution in [0.25, 0.3) is 0 Å². The fourth-order valence-corrected chi connectivity index (χ4v) is 8.73. The van der Waals surface area contributed by atoms with E-state index in [9.17, 15) is 25.2 Å². The second-order valence-corrected chi connectivity index (χ2v) is 16.3. The molecular weight excluding hydrogens is 650 g/mol. The average molecular weight is 716 g/mol. The number of aliphatic hydroxyl groups is 4. The molecule has 2 bridgehead atoms. The van der Waals surface area contributed by atoms with Crippen molar-refractivity contribution in [3.8, 4) is 0 Å². The molecule has 0 unspecified atom stereocenters. The Bertz CT molecular complexity index is 1210. The Balaban J connectivity index is 1.83. The van der Waals surface area contributed by atoms with Crippen molar-refractivity contribution in [1.82, 2.24) is 4.90 Å². The zero-order chi connectivity index (χ0) is 37.7. The minimum atomic E-state index is -1.82. The van der Waals surface area contributed by atoms with E-state index in [1.54, 1.807) is 27.7 Å². The predicted octanol–water partition coefficient (Wildman–Crippen LogP) is 2.89. The summed E-state index contributed by atoms with van der Waals surface area (Å²) in [6.45, 7) is 18.0. The zero-order valence-electron chi connectivity index (χ0n) is 32.4. The Morgan fingerprint density at radius 2 is 1.70 bits per heavy atom. The first-order valence-electron chi connectivity index (χ1n) is 18.3. The van der Waals surface area contributed by atoms with E-state index in [2.05, 4.69) is 0 Å². The molecule has 0 saturated carbocycles. The van der Waals surface area contributed by atoms with Crippen LogP contribution in [0.2, 0.25) is 0 Å². The van der Waals surface area contributed by atoms with Gasteiger partial charge in [0, 0.05) is 31.9 Å². The summed E-state index contributed by atoms with van der Waals surface area (Å²) in [5.74, 6) is -2.26. The lowest BCUT2D eigenvalue weighted by atomic mass is 9.78. The Hall–Kier alpha value is -1.39. The minimum Gasteiger partial charge on any atom is -0.488 e. The highest BCUT2D eigenvalue weighted by atomic mass is 16.7. The smallest absolute Gasteiger partial charge is 0.311 e. The normalized spacial score (nSPS) is 46.5. The molecule has 0 radical (unpaired) electrons. The number of aliphatic hydroxyl groups excluding tert-OH is 3. The number of carbonyl (C=O) groups is 1. The number of hydrogen-bond donors (Lipinski definition) is 4. The summed E-state index contributed by atoms with van der Waals surface area (Å²) in [4.78, 5) is 16.2. The molecule has 290 valence electrons. The van der Waals surface area contributed by atoms with Crippen LogP contribution in [-0.4, -0.2) is 137 Å². The Morgan fingerprint density at radius 1 is 1.06 bits per heavy atom. The monoisotopic (exact) mass is 715 g/mol. The molecule has 4 heterocycles. The van der Waals surface area contributed by atoms with Gasteiger partial charge in [0.15, 0.2) is 12.6 Å². The molecule has 0 aromatic carbocycles. The summed E-state index contributed by atoms with van der Waals surface area (Å²) in [6.07, 6.45) is -7.24. The van der Waals surface area contributed by atoms with E-state index in [1.165, 1.54) is 14.0 Å². The quantitative estimate of drug-likeness (QED) is 0.258. The highest BCUT2D eigenvalue weighted by Crippen LogP contribution is 2.48. The number of methoxy groups -OCH3 is 1. The highest BCUT2D eigenvalue weighted by Gasteiger charge is 2.57. The van der Waals surface area contributed by atoms with Crippen molar-refractivity contribution < 1.29 is 58.4 Å². The summed E-state index contributed by atoms with van der Waals surface area (Å²) in [6, 6.07) is -0.223. The van der Waals surface area contributed by atoms with Gasteiger partial charge in [0.1, 0.15) is 41.4 Å². The Morgan fingerprint density at radius 3 is 2.28 bits per heavy atom. The van der Waals surface area contributed by atoms with E-state index in [0.29, 0.717) is 18.6 Å². The van der Waals surface area contributed by atoms with Crippen molar-refractivity contribution in [2.75, 3.05) is 21.2 Å². The summed E-state index contributed by atoms with van der Waals surface area (Å²) < 4.78 is 44.8. The number of rotatable bonds is 9. The lowest BCUT2D eigenvalue weighted by Crippen LogP contribution is -2.60. The molecule has 0 amide bonds. The van der Waals surface area contributed by atoms with Crippen molar-refractivity contribution in [3.05, 3.63) is 11.3 Å². The van der Waals surface area contributed by atoms with Crippen LogP contribution in [0.3, 0.4) is 0 Å². The van der Waals surface area contributed by atoms with Gasteiger partial charge >= 0.3 is 5.97 Å². The molecule has 13 heteroatoms. The van der Waals surface area contributed by atoms with Crippen LogP contribution < -0.4 is 0 Å². The number of ether oxygens (including phenoxy) is 7. The molecular formula is C37H65NO12. The summed E-state index contributed by atoms with van der Waals surface area (Å²) >= 11 is 0. The molecule has 13 nitrogen and oxygen atoms in total. The molecule has 4 aliphatic rings. The summed E-state index contributed by atoms with van der Waals surface area (Å²) in [5.41, 5.74) is -2.95. The molecule has 0 aromatic rings. The van der Waals surface area contributed by atoms with Gasteiger partial charge in [-0.2, -0.15) is 0 Å².